The highest BCUT2D eigenvalue weighted by molar-refractivity contribution is 7.99. The summed E-state index contributed by atoms with van der Waals surface area (Å²) in [6.07, 6.45) is 1.08. The SMILES string of the molecule is CCCNc1cc(NC(C)CSCC)nc(C(C)(C)C)n1. The molecule has 0 spiro atoms. The van der Waals surface area contributed by atoms with Gasteiger partial charge in [0.2, 0.25) is 0 Å². The minimum absolute atomic E-state index is 0.0538. The van der Waals surface area contributed by atoms with E-state index in [1.165, 1.54) is 0 Å². The first-order chi connectivity index (χ1) is 9.86. The Morgan fingerprint density at radius 1 is 1.19 bits per heavy atom. The predicted molar refractivity (Wildman–Crippen MR) is 95.6 cm³/mol. The van der Waals surface area contributed by atoms with E-state index in [1.54, 1.807) is 0 Å². The summed E-state index contributed by atoms with van der Waals surface area (Å²) in [5.74, 6) is 4.93. The molecule has 0 amide bonds. The van der Waals surface area contributed by atoms with Crippen LogP contribution in [-0.4, -0.2) is 34.1 Å². The first-order valence-corrected chi connectivity index (χ1v) is 9.00. The fraction of sp³-hybridized carbons (Fsp3) is 0.750. The number of aromatic nitrogens is 2. The molecule has 0 saturated carbocycles. The van der Waals surface area contributed by atoms with E-state index in [0.717, 1.165) is 41.9 Å². The molecular formula is C16H30N4S. The summed E-state index contributed by atoms with van der Waals surface area (Å²) >= 11 is 1.94. The Kier molecular flexibility index (Phi) is 7.29. The Labute approximate surface area is 133 Å². The van der Waals surface area contributed by atoms with E-state index in [0.29, 0.717) is 6.04 Å². The summed E-state index contributed by atoms with van der Waals surface area (Å²) < 4.78 is 0. The molecule has 120 valence electrons. The highest BCUT2D eigenvalue weighted by Crippen LogP contribution is 2.23. The predicted octanol–water partition coefficient (Wildman–Crippen LogP) is 4.15. The van der Waals surface area contributed by atoms with E-state index >= 15 is 0 Å². The standard InChI is InChI=1S/C16H30N4S/c1-7-9-17-13-10-14(18-12(3)11-21-8-2)20-15(19-13)16(4,5)6/h10,12H,7-9,11H2,1-6H3,(H2,17,18,19,20). The summed E-state index contributed by atoms with van der Waals surface area (Å²) in [7, 11) is 0. The van der Waals surface area contributed by atoms with Crippen molar-refractivity contribution in [2.75, 3.05) is 28.7 Å². The minimum Gasteiger partial charge on any atom is -0.370 e. The van der Waals surface area contributed by atoms with Crippen molar-refractivity contribution in [2.45, 2.75) is 59.4 Å². The summed E-state index contributed by atoms with van der Waals surface area (Å²) in [5, 5.41) is 6.86. The first kappa shape index (κ1) is 18.1. The van der Waals surface area contributed by atoms with E-state index in [4.69, 9.17) is 0 Å². The van der Waals surface area contributed by atoms with Crippen LogP contribution in [0.25, 0.3) is 0 Å². The zero-order valence-electron chi connectivity index (χ0n) is 14.3. The fourth-order valence-electron chi connectivity index (χ4n) is 1.79. The molecule has 1 aromatic heterocycles. The van der Waals surface area contributed by atoms with Crippen LogP contribution in [0.2, 0.25) is 0 Å². The van der Waals surface area contributed by atoms with Gasteiger partial charge in [0, 0.05) is 29.8 Å². The number of hydrogen-bond acceptors (Lipinski definition) is 5. The van der Waals surface area contributed by atoms with Gasteiger partial charge in [0.1, 0.15) is 17.5 Å². The van der Waals surface area contributed by atoms with Gasteiger partial charge in [-0.1, -0.05) is 34.6 Å². The van der Waals surface area contributed by atoms with E-state index in [-0.39, 0.29) is 5.41 Å². The van der Waals surface area contributed by atoms with Crippen molar-refractivity contribution in [3.8, 4) is 0 Å². The average molecular weight is 311 g/mol. The maximum absolute atomic E-state index is 4.69. The summed E-state index contributed by atoms with van der Waals surface area (Å²) in [4.78, 5) is 9.33. The Morgan fingerprint density at radius 2 is 1.86 bits per heavy atom. The molecule has 1 unspecified atom stereocenters. The van der Waals surface area contributed by atoms with Gasteiger partial charge in [-0.15, -0.1) is 0 Å². The quantitative estimate of drug-likeness (QED) is 0.755. The molecule has 0 aliphatic heterocycles. The molecule has 0 fully saturated rings. The molecule has 4 nitrogen and oxygen atoms in total. The number of nitrogens with one attached hydrogen (secondary N) is 2. The monoisotopic (exact) mass is 310 g/mol. The van der Waals surface area contributed by atoms with Gasteiger partial charge >= 0.3 is 0 Å². The second-order valence-corrected chi connectivity index (χ2v) is 7.66. The molecular weight excluding hydrogens is 280 g/mol. The van der Waals surface area contributed by atoms with Crippen LogP contribution in [0.15, 0.2) is 6.07 Å². The number of rotatable bonds is 8. The molecule has 1 aromatic rings. The molecule has 0 bridgehead atoms. The van der Waals surface area contributed by atoms with E-state index in [9.17, 15) is 0 Å². The van der Waals surface area contributed by atoms with Crippen molar-refractivity contribution < 1.29 is 0 Å². The highest BCUT2D eigenvalue weighted by Gasteiger charge is 2.19. The summed E-state index contributed by atoms with van der Waals surface area (Å²) in [6.45, 7) is 13.9. The van der Waals surface area contributed by atoms with E-state index < -0.39 is 0 Å². The third kappa shape index (κ3) is 6.55. The molecule has 1 atom stereocenters. The van der Waals surface area contributed by atoms with Crippen LogP contribution in [0.5, 0.6) is 0 Å². The molecule has 0 saturated heterocycles. The third-order valence-corrected chi connectivity index (χ3v) is 4.06. The molecule has 1 rings (SSSR count). The number of nitrogens with zero attached hydrogens (tertiary/aromatic N) is 2. The van der Waals surface area contributed by atoms with Crippen LogP contribution in [0.4, 0.5) is 11.6 Å². The van der Waals surface area contributed by atoms with E-state index in [1.807, 2.05) is 17.8 Å². The fourth-order valence-corrected chi connectivity index (χ4v) is 2.46. The first-order valence-electron chi connectivity index (χ1n) is 7.84. The van der Waals surface area contributed by atoms with Gasteiger partial charge < -0.3 is 10.6 Å². The van der Waals surface area contributed by atoms with Gasteiger partial charge in [-0.2, -0.15) is 11.8 Å². The maximum atomic E-state index is 4.69. The zero-order valence-corrected chi connectivity index (χ0v) is 15.1. The Morgan fingerprint density at radius 3 is 2.43 bits per heavy atom. The number of hydrogen-bond donors (Lipinski definition) is 2. The van der Waals surface area contributed by atoms with Crippen LogP contribution in [0.3, 0.4) is 0 Å². The zero-order chi connectivity index (χ0) is 15.9. The smallest absolute Gasteiger partial charge is 0.138 e. The van der Waals surface area contributed by atoms with Crippen LogP contribution in [0.1, 0.15) is 53.8 Å². The summed E-state index contributed by atoms with van der Waals surface area (Å²) in [5.41, 5.74) is -0.0538. The van der Waals surface area contributed by atoms with E-state index in [2.05, 4.69) is 62.1 Å². The lowest BCUT2D eigenvalue weighted by atomic mass is 9.96. The molecule has 0 radical (unpaired) electrons. The molecule has 1 heterocycles. The Balaban J connectivity index is 2.90. The Bertz CT molecular complexity index is 429. The van der Waals surface area contributed by atoms with Crippen molar-refractivity contribution in [1.82, 2.24) is 9.97 Å². The van der Waals surface area contributed by atoms with Crippen LogP contribution < -0.4 is 10.6 Å². The van der Waals surface area contributed by atoms with Gasteiger partial charge in [-0.05, 0) is 19.1 Å². The second-order valence-electron chi connectivity index (χ2n) is 6.34. The molecule has 5 heteroatoms. The molecule has 0 aliphatic rings. The largest absolute Gasteiger partial charge is 0.370 e. The van der Waals surface area contributed by atoms with Crippen molar-refractivity contribution >= 4 is 23.4 Å². The van der Waals surface area contributed by atoms with Crippen LogP contribution in [0, 0.1) is 0 Å². The lowest BCUT2D eigenvalue weighted by Gasteiger charge is -2.21. The minimum atomic E-state index is -0.0538. The van der Waals surface area contributed by atoms with Gasteiger partial charge in [0.05, 0.1) is 0 Å². The normalized spacial score (nSPS) is 13.0. The topological polar surface area (TPSA) is 49.8 Å². The Hall–Kier alpha value is -0.970. The van der Waals surface area contributed by atoms with Crippen molar-refractivity contribution in [3.63, 3.8) is 0 Å². The van der Waals surface area contributed by atoms with Crippen molar-refractivity contribution in [3.05, 3.63) is 11.9 Å². The number of anilines is 2. The lowest BCUT2D eigenvalue weighted by Crippen LogP contribution is -2.22. The summed E-state index contributed by atoms with van der Waals surface area (Å²) in [6, 6.07) is 2.41. The van der Waals surface area contributed by atoms with Crippen molar-refractivity contribution in [2.24, 2.45) is 0 Å². The van der Waals surface area contributed by atoms with Gasteiger partial charge in [0.15, 0.2) is 0 Å². The van der Waals surface area contributed by atoms with Gasteiger partial charge in [-0.25, -0.2) is 9.97 Å². The van der Waals surface area contributed by atoms with Crippen LogP contribution >= 0.6 is 11.8 Å². The highest BCUT2D eigenvalue weighted by atomic mass is 32.2. The lowest BCUT2D eigenvalue weighted by molar-refractivity contribution is 0.546. The third-order valence-electron chi connectivity index (χ3n) is 2.92. The second kappa shape index (κ2) is 8.47. The van der Waals surface area contributed by atoms with Crippen LogP contribution in [-0.2, 0) is 5.41 Å². The molecule has 0 aliphatic carbocycles. The average Bonchev–Trinajstić information content (AvgIpc) is 2.41. The van der Waals surface area contributed by atoms with Crippen molar-refractivity contribution in [1.29, 1.82) is 0 Å². The van der Waals surface area contributed by atoms with Gasteiger partial charge in [0.25, 0.3) is 0 Å². The number of thioether (sulfide) groups is 1. The molecule has 2 N–H and O–H groups in total. The van der Waals surface area contributed by atoms with Gasteiger partial charge in [-0.3, -0.25) is 0 Å². The molecule has 0 aromatic carbocycles. The molecule has 21 heavy (non-hydrogen) atoms. The maximum Gasteiger partial charge on any atom is 0.138 e.